The molecule has 15 heavy (non-hydrogen) atoms. The highest BCUT2D eigenvalue weighted by molar-refractivity contribution is 6.30. The van der Waals surface area contributed by atoms with Gasteiger partial charge >= 0.3 is 0 Å². The van der Waals surface area contributed by atoms with Gasteiger partial charge in [0.1, 0.15) is 5.78 Å². The first-order chi connectivity index (χ1) is 7.08. The van der Waals surface area contributed by atoms with Crippen LogP contribution in [0.25, 0.3) is 0 Å². The predicted molar refractivity (Wildman–Crippen MR) is 62.2 cm³/mol. The summed E-state index contributed by atoms with van der Waals surface area (Å²) in [5, 5.41) is 0.755. The Bertz CT molecular complexity index is 399. The van der Waals surface area contributed by atoms with Crippen molar-refractivity contribution in [2.75, 3.05) is 0 Å². The molecule has 1 nitrogen and oxygen atoms in total. The monoisotopic (exact) mass is 222 g/mol. The maximum absolute atomic E-state index is 11.6. The van der Waals surface area contributed by atoms with Gasteiger partial charge in [-0.05, 0) is 24.1 Å². The molecule has 0 saturated heterocycles. The predicted octanol–water partition coefficient (Wildman–Crippen LogP) is 3.81. The van der Waals surface area contributed by atoms with E-state index < -0.39 is 0 Å². The SMILES string of the molecule is CCC1(C)C(=O)CC1c1cccc(Cl)c1. The highest BCUT2D eigenvalue weighted by Gasteiger charge is 2.49. The van der Waals surface area contributed by atoms with Crippen LogP contribution >= 0.6 is 11.6 Å². The zero-order valence-electron chi connectivity index (χ0n) is 9.09. The van der Waals surface area contributed by atoms with Gasteiger partial charge in [0.25, 0.3) is 0 Å². The van der Waals surface area contributed by atoms with Crippen molar-refractivity contribution in [3.05, 3.63) is 34.9 Å². The third-order valence-corrected chi connectivity index (χ3v) is 4.02. The summed E-state index contributed by atoms with van der Waals surface area (Å²) in [6.45, 7) is 4.14. The summed E-state index contributed by atoms with van der Waals surface area (Å²) in [4.78, 5) is 11.6. The Kier molecular flexibility index (Phi) is 2.59. The molecule has 1 aliphatic carbocycles. The molecule has 1 fully saturated rings. The molecule has 1 aromatic carbocycles. The van der Waals surface area contributed by atoms with Crippen molar-refractivity contribution >= 4 is 17.4 Å². The molecule has 0 aliphatic heterocycles. The third kappa shape index (κ3) is 1.59. The third-order valence-electron chi connectivity index (χ3n) is 3.78. The molecule has 0 amide bonds. The van der Waals surface area contributed by atoms with Crippen molar-refractivity contribution in [2.24, 2.45) is 5.41 Å². The Morgan fingerprint density at radius 2 is 2.27 bits per heavy atom. The Hall–Kier alpha value is -0.820. The van der Waals surface area contributed by atoms with Crippen LogP contribution in [-0.4, -0.2) is 5.78 Å². The Labute approximate surface area is 95.4 Å². The summed E-state index contributed by atoms with van der Waals surface area (Å²) in [7, 11) is 0. The zero-order chi connectivity index (χ0) is 11.1. The normalized spacial score (nSPS) is 30.1. The molecule has 1 saturated carbocycles. The van der Waals surface area contributed by atoms with Crippen LogP contribution in [0.3, 0.4) is 0 Å². The fourth-order valence-corrected chi connectivity index (χ4v) is 2.56. The molecular formula is C13H15ClO. The van der Waals surface area contributed by atoms with E-state index in [1.54, 1.807) is 0 Å². The number of rotatable bonds is 2. The molecule has 0 bridgehead atoms. The zero-order valence-corrected chi connectivity index (χ0v) is 9.84. The second kappa shape index (κ2) is 3.64. The lowest BCUT2D eigenvalue weighted by atomic mass is 9.56. The topological polar surface area (TPSA) is 17.1 Å². The first kappa shape index (κ1) is 10.7. The quantitative estimate of drug-likeness (QED) is 0.744. The van der Waals surface area contributed by atoms with Crippen molar-refractivity contribution in [1.29, 1.82) is 0 Å². The molecule has 2 atom stereocenters. The van der Waals surface area contributed by atoms with Gasteiger partial charge in [-0.15, -0.1) is 0 Å². The Morgan fingerprint density at radius 1 is 1.53 bits per heavy atom. The minimum atomic E-state index is -0.162. The summed E-state index contributed by atoms with van der Waals surface area (Å²) in [6, 6.07) is 7.87. The van der Waals surface area contributed by atoms with Gasteiger partial charge in [0.15, 0.2) is 0 Å². The lowest BCUT2D eigenvalue weighted by molar-refractivity contribution is -0.139. The second-order valence-corrected chi connectivity index (χ2v) is 4.94. The summed E-state index contributed by atoms with van der Waals surface area (Å²) in [5.41, 5.74) is 1.04. The van der Waals surface area contributed by atoms with Gasteiger partial charge < -0.3 is 0 Å². The summed E-state index contributed by atoms with van der Waals surface area (Å²) in [6.07, 6.45) is 1.58. The number of carbonyl (C=O) groups excluding carboxylic acids is 1. The van der Waals surface area contributed by atoms with Crippen LogP contribution in [0.15, 0.2) is 24.3 Å². The largest absolute Gasteiger partial charge is 0.299 e. The number of Topliss-reactive ketones (excluding diaryl/α,β-unsaturated/α-hetero) is 1. The fraction of sp³-hybridized carbons (Fsp3) is 0.462. The Morgan fingerprint density at radius 3 is 2.80 bits per heavy atom. The molecule has 80 valence electrons. The molecule has 0 heterocycles. The number of carbonyl (C=O) groups is 1. The van der Waals surface area contributed by atoms with Gasteiger partial charge in [-0.3, -0.25) is 4.79 Å². The van der Waals surface area contributed by atoms with Crippen molar-refractivity contribution in [3.63, 3.8) is 0 Å². The summed E-state index contributed by atoms with van der Waals surface area (Å²) >= 11 is 5.96. The van der Waals surface area contributed by atoms with E-state index in [1.807, 2.05) is 18.2 Å². The van der Waals surface area contributed by atoms with Crippen LogP contribution in [0, 0.1) is 5.41 Å². The summed E-state index contributed by atoms with van der Waals surface area (Å²) < 4.78 is 0. The molecule has 0 aromatic heterocycles. The number of benzene rings is 1. The second-order valence-electron chi connectivity index (χ2n) is 4.51. The minimum absolute atomic E-state index is 0.162. The average Bonchev–Trinajstić information content (AvgIpc) is 2.24. The van der Waals surface area contributed by atoms with Crippen LogP contribution in [0.5, 0.6) is 0 Å². The number of hydrogen-bond donors (Lipinski definition) is 0. The van der Waals surface area contributed by atoms with Gasteiger partial charge in [-0.25, -0.2) is 0 Å². The van der Waals surface area contributed by atoms with Gasteiger partial charge in [0.05, 0.1) is 0 Å². The smallest absolute Gasteiger partial charge is 0.140 e. The van der Waals surface area contributed by atoms with Crippen molar-refractivity contribution in [3.8, 4) is 0 Å². The maximum Gasteiger partial charge on any atom is 0.140 e. The van der Waals surface area contributed by atoms with Crippen molar-refractivity contribution in [1.82, 2.24) is 0 Å². The number of halogens is 1. The molecular weight excluding hydrogens is 208 g/mol. The molecule has 0 radical (unpaired) electrons. The molecule has 0 spiro atoms. The standard InChI is InChI=1S/C13H15ClO/c1-3-13(2)11(8-12(13)15)9-5-4-6-10(14)7-9/h4-7,11H,3,8H2,1-2H3. The Balaban J connectivity index is 2.30. The van der Waals surface area contributed by atoms with Crippen LogP contribution in [0.4, 0.5) is 0 Å². The van der Waals surface area contributed by atoms with Gasteiger partial charge in [0, 0.05) is 22.8 Å². The molecule has 1 aliphatic rings. The van der Waals surface area contributed by atoms with Gasteiger partial charge in [-0.2, -0.15) is 0 Å². The fourth-order valence-electron chi connectivity index (χ4n) is 2.36. The highest BCUT2D eigenvalue weighted by Crippen LogP contribution is 2.52. The molecule has 2 heteroatoms. The average molecular weight is 223 g/mol. The van der Waals surface area contributed by atoms with Crippen LogP contribution in [0.2, 0.25) is 5.02 Å². The van der Waals surface area contributed by atoms with Crippen LogP contribution < -0.4 is 0 Å². The van der Waals surface area contributed by atoms with Gasteiger partial charge in [0.2, 0.25) is 0 Å². The van der Waals surface area contributed by atoms with E-state index in [0.717, 1.165) is 11.4 Å². The first-order valence-corrected chi connectivity index (χ1v) is 5.74. The van der Waals surface area contributed by atoms with Crippen LogP contribution in [-0.2, 0) is 4.79 Å². The van der Waals surface area contributed by atoms with Crippen molar-refractivity contribution < 1.29 is 4.79 Å². The van der Waals surface area contributed by atoms with Crippen molar-refractivity contribution in [2.45, 2.75) is 32.6 Å². The first-order valence-electron chi connectivity index (χ1n) is 5.36. The van der Waals surface area contributed by atoms with Crippen LogP contribution in [0.1, 0.15) is 38.2 Å². The number of hydrogen-bond acceptors (Lipinski definition) is 1. The van der Waals surface area contributed by atoms with E-state index in [9.17, 15) is 4.79 Å². The maximum atomic E-state index is 11.6. The van der Waals surface area contributed by atoms with E-state index in [-0.39, 0.29) is 5.41 Å². The lowest BCUT2D eigenvalue weighted by Gasteiger charge is -2.45. The van der Waals surface area contributed by atoms with E-state index >= 15 is 0 Å². The summed E-state index contributed by atoms with van der Waals surface area (Å²) in [5.74, 6) is 0.740. The van der Waals surface area contributed by atoms with E-state index in [1.165, 1.54) is 5.56 Å². The molecule has 0 N–H and O–H groups in total. The molecule has 2 rings (SSSR count). The molecule has 2 unspecified atom stereocenters. The number of ketones is 1. The highest BCUT2D eigenvalue weighted by atomic mass is 35.5. The van der Waals surface area contributed by atoms with E-state index in [0.29, 0.717) is 18.1 Å². The minimum Gasteiger partial charge on any atom is -0.299 e. The van der Waals surface area contributed by atoms with Gasteiger partial charge in [-0.1, -0.05) is 37.6 Å². The van der Waals surface area contributed by atoms with E-state index in [4.69, 9.17) is 11.6 Å². The van der Waals surface area contributed by atoms with E-state index in [2.05, 4.69) is 19.9 Å². The lowest BCUT2D eigenvalue weighted by Crippen LogP contribution is -2.45. The molecule has 1 aromatic rings.